The van der Waals surface area contributed by atoms with Gasteiger partial charge in [-0.3, -0.25) is 0 Å². The van der Waals surface area contributed by atoms with Gasteiger partial charge in [0.15, 0.2) is 0 Å². The van der Waals surface area contributed by atoms with Gasteiger partial charge in [0.05, 0.1) is 12.1 Å². The van der Waals surface area contributed by atoms with E-state index in [0.717, 1.165) is 5.56 Å². The molecule has 0 heterocycles. The first-order valence-corrected chi connectivity index (χ1v) is 10.1. The molecule has 7 heteroatoms. The third kappa shape index (κ3) is 5.35. The second kappa shape index (κ2) is 8.41. The van der Waals surface area contributed by atoms with Crippen molar-refractivity contribution in [2.24, 2.45) is 5.92 Å². The van der Waals surface area contributed by atoms with Crippen LogP contribution in [0.3, 0.4) is 0 Å². The summed E-state index contributed by atoms with van der Waals surface area (Å²) in [6.07, 6.45) is 0.643. The number of methoxy groups -OCH3 is 1. The number of hydrogen-bond acceptors (Lipinski definition) is 3. The Morgan fingerprint density at radius 1 is 1.08 bits per heavy atom. The van der Waals surface area contributed by atoms with Crippen LogP contribution in [-0.4, -0.2) is 15.5 Å². The Hall–Kier alpha value is -1.27. The number of halogens is 2. The van der Waals surface area contributed by atoms with E-state index in [1.165, 1.54) is 12.1 Å². The minimum atomic E-state index is -3.82. The Morgan fingerprint density at radius 3 is 2.28 bits per heavy atom. The van der Waals surface area contributed by atoms with Gasteiger partial charge in [0.1, 0.15) is 10.6 Å². The molecule has 4 nitrogen and oxygen atoms in total. The van der Waals surface area contributed by atoms with Gasteiger partial charge in [0, 0.05) is 11.1 Å². The van der Waals surface area contributed by atoms with Crippen LogP contribution < -0.4 is 9.46 Å². The highest BCUT2D eigenvalue weighted by Gasteiger charge is 2.24. The molecule has 0 aliphatic carbocycles. The first-order valence-electron chi connectivity index (χ1n) is 7.84. The molecule has 0 radical (unpaired) electrons. The predicted molar refractivity (Wildman–Crippen MR) is 102 cm³/mol. The van der Waals surface area contributed by atoms with Crippen LogP contribution in [0.5, 0.6) is 5.75 Å². The van der Waals surface area contributed by atoms with E-state index in [2.05, 4.69) is 4.72 Å². The fourth-order valence-electron chi connectivity index (χ4n) is 2.49. The van der Waals surface area contributed by atoms with Crippen LogP contribution in [0.15, 0.2) is 47.4 Å². The molecular weight excluding hydrogens is 381 g/mol. The van der Waals surface area contributed by atoms with Gasteiger partial charge in [-0.2, -0.15) is 0 Å². The number of hydrogen-bond donors (Lipinski definition) is 1. The molecule has 1 N–H and O–H groups in total. The van der Waals surface area contributed by atoms with Crippen LogP contribution >= 0.6 is 23.2 Å². The molecule has 0 aliphatic heterocycles. The van der Waals surface area contributed by atoms with E-state index in [1.54, 1.807) is 13.2 Å². The molecule has 0 fully saturated rings. The molecule has 0 aliphatic rings. The fraction of sp³-hybridized carbons (Fsp3) is 0.333. The summed E-state index contributed by atoms with van der Waals surface area (Å²) in [4.78, 5) is -0.0241. The second-order valence-corrected chi connectivity index (χ2v) is 8.68. The van der Waals surface area contributed by atoms with Gasteiger partial charge in [0.25, 0.3) is 0 Å². The Labute approximate surface area is 159 Å². The van der Waals surface area contributed by atoms with E-state index in [1.807, 2.05) is 38.1 Å². The topological polar surface area (TPSA) is 55.4 Å². The minimum absolute atomic E-state index is 0.0241. The third-order valence-corrected chi connectivity index (χ3v) is 5.89. The van der Waals surface area contributed by atoms with E-state index in [-0.39, 0.29) is 16.0 Å². The van der Waals surface area contributed by atoms with Gasteiger partial charge in [-0.1, -0.05) is 49.2 Å². The first-order chi connectivity index (χ1) is 11.7. The predicted octanol–water partition coefficient (Wildman–Crippen LogP) is 5.07. The summed E-state index contributed by atoms with van der Waals surface area (Å²) < 4.78 is 33.5. The maximum atomic E-state index is 12.8. The van der Waals surface area contributed by atoms with Crippen molar-refractivity contribution in [2.75, 3.05) is 7.11 Å². The van der Waals surface area contributed by atoms with Gasteiger partial charge in [0.2, 0.25) is 10.0 Å². The number of rotatable bonds is 7. The molecule has 1 unspecified atom stereocenters. The van der Waals surface area contributed by atoms with Crippen molar-refractivity contribution < 1.29 is 13.2 Å². The normalized spacial score (nSPS) is 13.0. The van der Waals surface area contributed by atoms with Crippen molar-refractivity contribution >= 4 is 33.2 Å². The Kier molecular flexibility index (Phi) is 6.74. The van der Waals surface area contributed by atoms with Crippen molar-refractivity contribution in [1.29, 1.82) is 0 Å². The lowest BCUT2D eigenvalue weighted by atomic mass is 9.98. The summed E-state index contributed by atoms with van der Waals surface area (Å²) in [6.45, 7) is 4.08. The molecule has 0 bridgehead atoms. The Bertz CT molecular complexity index is 821. The molecule has 25 heavy (non-hydrogen) atoms. The van der Waals surface area contributed by atoms with E-state index >= 15 is 0 Å². The van der Waals surface area contributed by atoms with Crippen molar-refractivity contribution in [3.05, 3.63) is 58.1 Å². The van der Waals surface area contributed by atoms with Gasteiger partial charge in [-0.15, -0.1) is 0 Å². The van der Waals surface area contributed by atoms with Crippen LogP contribution in [0, 0.1) is 5.92 Å². The van der Waals surface area contributed by atoms with Gasteiger partial charge < -0.3 is 4.74 Å². The van der Waals surface area contributed by atoms with Gasteiger partial charge in [-0.25, -0.2) is 13.1 Å². The molecule has 0 spiro atoms. The summed E-state index contributed by atoms with van der Waals surface area (Å²) >= 11 is 12.0. The highest BCUT2D eigenvalue weighted by Crippen LogP contribution is 2.29. The maximum Gasteiger partial charge on any atom is 0.242 e. The molecule has 0 saturated heterocycles. The number of sulfonamides is 1. The summed E-state index contributed by atoms with van der Waals surface area (Å²) in [5.41, 5.74) is 0.858. The van der Waals surface area contributed by atoms with Crippen LogP contribution in [0.4, 0.5) is 0 Å². The van der Waals surface area contributed by atoms with Crippen LogP contribution in [0.2, 0.25) is 10.0 Å². The van der Waals surface area contributed by atoms with E-state index in [0.29, 0.717) is 23.1 Å². The summed E-state index contributed by atoms with van der Waals surface area (Å²) in [5, 5.41) is 0.449. The number of nitrogens with one attached hydrogen (secondary N) is 1. The molecule has 1 atom stereocenters. The SMILES string of the molecule is COc1ccc(C(CC(C)C)NS(=O)(=O)c2cc(Cl)ccc2Cl)cc1. The number of ether oxygens (including phenoxy) is 1. The zero-order chi connectivity index (χ0) is 18.6. The standard InChI is InChI=1S/C18H21Cl2NO3S/c1-12(2)10-17(13-4-7-15(24-3)8-5-13)21-25(22,23)18-11-14(19)6-9-16(18)20/h4-9,11-12,17,21H,10H2,1-3H3. The lowest BCUT2D eigenvalue weighted by Gasteiger charge is -2.22. The van der Waals surface area contributed by atoms with E-state index in [4.69, 9.17) is 27.9 Å². The number of benzene rings is 2. The quantitative estimate of drug-likeness (QED) is 0.704. The largest absolute Gasteiger partial charge is 0.497 e. The molecule has 0 saturated carbocycles. The highest BCUT2D eigenvalue weighted by molar-refractivity contribution is 7.89. The van der Waals surface area contributed by atoms with Crippen molar-refractivity contribution in [2.45, 2.75) is 31.2 Å². The van der Waals surface area contributed by atoms with E-state index < -0.39 is 10.0 Å². The second-order valence-electron chi connectivity index (χ2n) is 6.15. The smallest absolute Gasteiger partial charge is 0.242 e. The molecule has 0 aromatic heterocycles. The summed E-state index contributed by atoms with van der Waals surface area (Å²) in [6, 6.07) is 11.3. The average Bonchev–Trinajstić information content (AvgIpc) is 2.56. The molecule has 2 rings (SSSR count). The molecule has 2 aromatic rings. The van der Waals surface area contributed by atoms with Crippen molar-refractivity contribution in [1.82, 2.24) is 4.72 Å². The average molecular weight is 402 g/mol. The lowest BCUT2D eigenvalue weighted by Crippen LogP contribution is -2.30. The Balaban J connectivity index is 2.36. The van der Waals surface area contributed by atoms with Crippen LogP contribution in [0.25, 0.3) is 0 Å². The zero-order valence-corrected chi connectivity index (χ0v) is 16.6. The monoisotopic (exact) mass is 401 g/mol. The van der Waals surface area contributed by atoms with Gasteiger partial charge in [-0.05, 0) is 48.2 Å². The first kappa shape index (κ1) is 20.0. The minimum Gasteiger partial charge on any atom is -0.497 e. The highest BCUT2D eigenvalue weighted by atomic mass is 35.5. The van der Waals surface area contributed by atoms with Crippen LogP contribution in [0.1, 0.15) is 31.9 Å². The summed E-state index contributed by atoms with van der Waals surface area (Å²) in [5.74, 6) is 1.01. The maximum absolute atomic E-state index is 12.8. The van der Waals surface area contributed by atoms with Crippen molar-refractivity contribution in [3.63, 3.8) is 0 Å². The Morgan fingerprint density at radius 2 is 1.72 bits per heavy atom. The lowest BCUT2D eigenvalue weighted by molar-refractivity contribution is 0.414. The molecular formula is C18H21Cl2NO3S. The molecule has 0 amide bonds. The van der Waals surface area contributed by atoms with Crippen LogP contribution in [-0.2, 0) is 10.0 Å². The summed E-state index contributed by atoms with van der Waals surface area (Å²) in [7, 11) is -2.23. The molecule has 136 valence electrons. The van der Waals surface area contributed by atoms with Crippen molar-refractivity contribution in [3.8, 4) is 5.75 Å². The van der Waals surface area contributed by atoms with E-state index in [9.17, 15) is 8.42 Å². The third-order valence-electron chi connectivity index (χ3n) is 3.71. The fourth-order valence-corrected chi connectivity index (χ4v) is 4.49. The zero-order valence-electron chi connectivity index (χ0n) is 14.3. The van der Waals surface area contributed by atoms with Gasteiger partial charge >= 0.3 is 0 Å². The molecule has 2 aromatic carbocycles.